The van der Waals surface area contributed by atoms with E-state index in [-0.39, 0.29) is 5.75 Å². The third-order valence-electron chi connectivity index (χ3n) is 4.84. The van der Waals surface area contributed by atoms with Gasteiger partial charge in [0, 0.05) is 15.5 Å². The number of hydrogen-bond donors (Lipinski definition) is 2. The second-order valence-corrected chi connectivity index (χ2v) is 9.65. The van der Waals surface area contributed by atoms with Crippen LogP contribution in [-0.4, -0.2) is 32.3 Å². The molecule has 1 aromatic heterocycles. The number of nitrogens with one attached hydrogen (secondary N) is 1. The van der Waals surface area contributed by atoms with E-state index in [1.165, 1.54) is 4.80 Å². The molecule has 6 nitrogen and oxygen atoms in total. The third kappa shape index (κ3) is 5.08. The molecule has 0 aliphatic heterocycles. The summed E-state index contributed by atoms with van der Waals surface area (Å²) in [4.78, 5) is 15.0. The third-order valence-corrected chi connectivity index (χ3v) is 6.95. The summed E-state index contributed by atoms with van der Waals surface area (Å²) >= 11 is 3.27. The fourth-order valence-corrected chi connectivity index (χ4v) is 5.22. The monoisotopic (exact) mass is 464 g/mol. The molecule has 8 heteroatoms. The molecule has 0 bridgehead atoms. The van der Waals surface area contributed by atoms with Gasteiger partial charge in [0.2, 0.25) is 6.41 Å². The number of benzene rings is 3. The van der Waals surface area contributed by atoms with E-state index < -0.39 is 0 Å². The van der Waals surface area contributed by atoms with Crippen molar-refractivity contribution in [2.24, 2.45) is 0 Å². The highest BCUT2D eigenvalue weighted by Gasteiger charge is 2.14. The van der Waals surface area contributed by atoms with Gasteiger partial charge in [-0.3, -0.25) is 4.79 Å². The number of carbonyl (C=O) groups excluding carboxylic acids is 1. The quantitative estimate of drug-likeness (QED) is 0.178. The first-order valence-electron chi connectivity index (χ1n) is 10.4. The van der Waals surface area contributed by atoms with E-state index in [0.29, 0.717) is 12.1 Å². The van der Waals surface area contributed by atoms with E-state index in [9.17, 15) is 9.90 Å². The summed E-state index contributed by atoms with van der Waals surface area (Å²) in [5.41, 5.74) is 3.93. The minimum absolute atomic E-state index is 0.218. The SMILES string of the molecule is CCCCSc1cc(C)cc(-n2nc3ccc(Sc4ccc(NC=O)cc4)cc3n2)c1O. The van der Waals surface area contributed by atoms with Crippen LogP contribution in [0.15, 0.2) is 69.3 Å². The molecule has 0 saturated heterocycles. The van der Waals surface area contributed by atoms with Crippen LogP contribution in [0.1, 0.15) is 25.3 Å². The van der Waals surface area contributed by atoms with Crippen LogP contribution in [0.25, 0.3) is 16.7 Å². The number of phenolic OH excluding ortho intramolecular Hbond substituents is 1. The lowest BCUT2D eigenvalue weighted by molar-refractivity contribution is -0.105. The van der Waals surface area contributed by atoms with Crippen LogP contribution in [0.4, 0.5) is 5.69 Å². The number of carbonyl (C=O) groups is 1. The molecule has 0 aliphatic carbocycles. The number of fused-ring (bicyclic) bond motifs is 1. The Morgan fingerprint density at radius 2 is 1.78 bits per heavy atom. The van der Waals surface area contributed by atoms with Gasteiger partial charge in [0.05, 0.1) is 4.90 Å². The molecule has 164 valence electrons. The Balaban J connectivity index is 1.60. The Hall–Kier alpha value is -2.97. The second kappa shape index (κ2) is 10.1. The number of amides is 1. The number of aromatic nitrogens is 3. The largest absolute Gasteiger partial charge is 0.505 e. The van der Waals surface area contributed by atoms with Crippen LogP contribution in [0, 0.1) is 6.92 Å². The van der Waals surface area contributed by atoms with Crippen molar-refractivity contribution in [3.63, 3.8) is 0 Å². The van der Waals surface area contributed by atoms with Crippen LogP contribution in [0.2, 0.25) is 0 Å². The van der Waals surface area contributed by atoms with Gasteiger partial charge in [-0.2, -0.15) is 0 Å². The van der Waals surface area contributed by atoms with Crippen molar-refractivity contribution < 1.29 is 9.90 Å². The number of nitrogens with zero attached hydrogens (tertiary/aromatic N) is 3. The first-order valence-corrected chi connectivity index (χ1v) is 12.2. The number of phenols is 1. The van der Waals surface area contributed by atoms with E-state index in [4.69, 9.17) is 0 Å². The summed E-state index contributed by atoms with van der Waals surface area (Å²) in [5, 5.41) is 22.7. The Morgan fingerprint density at radius 3 is 2.53 bits per heavy atom. The molecule has 0 saturated carbocycles. The average molecular weight is 465 g/mol. The lowest BCUT2D eigenvalue weighted by atomic mass is 10.2. The topological polar surface area (TPSA) is 80.0 Å². The van der Waals surface area contributed by atoms with E-state index in [1.807, 2.05) is 61.5 Å². The van der Waals surface area contributed by atoms with E-state index in [1.54, 1.807) is 23.5 Å². The van der Waals surface area contributed by atoms with Gasteiger partial charge in [-0.1, -0.05) is 25.1 Å². The van der Waals surface area contributed by atoms with Gasteiger partial charge < -0.3 is 10.4 Å². The van der Waals surface area contributed by atoms with Crippen LogP contribution in [0.3, 0.4) is 0 Å². The van der Waals surface area contributed by atoms with Gasteiger partial charge >= 0.3 is 0 Å². The fourth-order valence-electron chi connectivity index (χ4n) is 3.20. The number of anilines is 1. The summed E-state index contributed by atoms with van der Waals surface area (Å²) in [5.74, 6) is 1.18. The van der Waals surface area contributed by atoms with Gasteiger partial charge in [-0.05, 0) is 79.3 Å². The first kappa shape index (κ1) is 22.2. The standard InChI is InChI=1S/C24H24N4O2S2/c1-3-4-11-31-23-13-16(2)12-22(24(23)30)28-26-20-10-9-19(14-21(20)27-28)32-18-7-5-17(6-8-18)25-15-29/h5-10,12-15,30H,3-4,11H2,1-2H3,(H,25,29). The summed E-state index contributed by atoms with van der Waals surface area (Å²) in [6, 6.07) is 17.5. The summed E-state index contributed by atoms with van der Waals surface area (Å²) in [6.45, 7) is 4.18. The first-order chi connectivity index (χ1) is 15.6. The lowest BCUT2D eigenvalue weighted by Gasteiger charge is -2.10. The Bertz CT molecular complexity index is 1240. The molecule has 1 heterocycles. The molecule has 2 N–H and O–H groups in total. The number of rotatable bonds is 9. The van der Waals surface area contributed by atoms with Crippen molar-refractivity contribution in [1.29, 1.82) is 0 Å². The molecule has 0 aliphatic rings. The molecule has 4 rings (SSSR count). The zero-order valence-corrected chi connectivity index (χ0v) is 19.5. The second-order valence-electron chi connectivity index (χ2n) is 7.36. The minimum atomic E-state index is 0.218. The van der Waals surface area contributed by atoms with E-state index >= 15 is 0 Å². The van der Waals surface area contributed by atoms with Crippen molar-refractivity contribution in [3.05, 3.63) is 60.2 Å². The molecule has 3 aromatic carbocycles. The van der Waals surface area contributed by atoms with Gasteiger partial charge in [0.1, 0.15) is 16.7 Å². The van der Waals surface area contributed by atoms with Crippen LogP contribution < -0.4 is 5.32 Å². The van der Waals surface area contributed by atoms with Crippen molar-refractivity contribution >= 4 is 46.7 Å². The van der Waals surface area contributed by atoms with Crippen molar-refractivity contribution in [2.45, 2.75) is 41.4 Å². The molecule has 4 aromatic rings. The maximum absolute atomic E-state index is 10.8. The van der Waals surface area contributed by atoms with Crippen LogP contribution in [0.5, 0.6) is 5.75 Å². The molecule has 1 amide bonds. The minimum Gasteiger partial charge on any atom is -0.505 e. The zero-order chi connectivity index (χ0) is 22.5. The van der Waals surface area contributed by atoms with Crippen LogP contribution >= 0.6 is 23.5 Å². The number of hydrogen-bond acceptors (Lipinski definition) is 6. The van der Waals surface area contributed by atoms with Crippen molar-refractivity contribution in [2.75, 3.05) is 11.1 Å². The number of aryl methyl sites for hydroxylation is 1. The number of unbranched alkanes of at least 4 members (excludes halogenated alkanes) is 1. The predicted molar refractivity (Wildman–Crippen MR) is 131 cm³/mol. The normalized spacial score (nSPS) is 11.1. The van der Waals surface area contributed by atoms with Crippen molar-refractivity contribution in [1.82, 2.24) is 15.0 Å². The van der Waals surface area contributed by atoms with Crippen LogP contribution in [-0.2, 0) is 4.79 Å². The highest BCUT2D eigenvalue weighted by Crippen LogP contribution is 2.36. The summed E-state index contributed by atoms with van der Waals surface area (Å²) < 4.78 is 0. The Labute approximate surface area is 195 Å². The summed E-state index contributed by atoms with van der Waals surface area (Å²) in [6.07, 6.45) is 2.89. The predicted octanol–water partition coefficient (Wildman–Crippen LogP) is 6.05. The molecule has 32 heavy (non-hydrogen) atoms. The molecular weight excluding hydrogens is 440 g/mol. The number of thioether (sulfide) groups is 1. The average Bonchev–Trinajstić information content (AvgIpc) is 3.21. The molecular formula is C24H24N4O2S2. The van der Waals surface area contributed by atoms with Crippen molar-refractivity contribution in [3.8, 4) is 11.4 Å². The van der Waals surface area contributed by atoms with Gasteiger partial charge in [0.25, 0.3) is 0 Å². The van der Waals surface area contributed by atoms with E-state index in [0.717, 1.165) is 55.6 Å². The molecule has 0 radical (unpaired) electrons. The smallest absolute Gasteiger partial charge is 0.211 e. The highest BCUT2D eigenvalue weighted by molar-refractivity contribution is 7.99. The van der Waals surface area contributed by atoms with E-state index in [2.05, 4.69) is 22.4 Å². The maximum atomic E-state index is 10.8. The Kier molecular flexibility index (Phi) is 7.02. The zero-order valence-electron chi connectivity index (χ0n) is 17.9. The molecule has 0 atom stereocenters. The lowest BCUT2D eigenvalue weighted by Crippen LogP contribution is -2.00. The molecule has 0 spiro atoms. The fraction of sp³-hybridized carbons (Fsp3) is 0.208. The maximum Gasteiger partial charge on any atom is 0.211 e. The molecule has 0 unspecified atom stereocenters. The molecule has 0 fully saturated rings. The summed E-state index contributed by atoms with van der Waals surface area (Å²) in [7, 11) is 0. The highest BCUT2D eigenvalue weighted by atomic mass is 32.2. The Morgan fingerprint density at radius 1 is 1.03 bits per heavy atom. The van der Waals surface area contributed by atoms with Gasteiger partial charge in [0.15, 0.2) is 5.75 Å². The number of aromatic hydroxyl groups is 1. The van der Waals surface area contributed by atoms with Gasteiger partial charge in [-0.25, -0.2) is 0 Å². The van der Waals surface area contributed by atoms with Gasteiger partial charge in [-0.15, -0.1) is 26.8 Å².